The van der Waals surface area contributed by atoms with Crippen molar-refractivity contribution >= 4 is 17.2 Å². The number of aryl methyl sites for hydroxylation is 1. The Bertz CT molecular complexity index is 508. The van der Waals surface area contributed by atoms with E-state index in [4.69, 9.17) is 4.74 Å². The van der Waals surface area contributed by atoms with Gasteiger partial charge in [-0.1, -0.05) is 0 Å². The molecule has 0 unspecified atom stereocenters. The highest BCUT2D eigenvalue weighted by Gasteiger charge is 2.24. The van der Waals surface area contributed by atoms with Crippen molar-refractivity contribution < 1.29 is 9.53 Å². The van der Waals surface area contributed by atoms with Gasteiger partial charge in [0.2, 0.25) is 5.91 Å². The fourth-order valence-electron chi connectivity index (χ4n) is 3.29. The van der Waals surface area contributed by atoms with Crippen molar-refractivity contribution in [2.45, 2.75) is 39.2 Å². The average molecular weight is 338 g/mol. The van der Waals surface area contributed by atoms with Crippen LogP contribution in [0.4, 0.5) is 0 Å². The molecular weight excluding hydrogens is 312 g/mol. The summed E-state index contributed by atoms with van der Waals surface area (Å²) in [6, 6.07) is 0. The summed E-state index contributed by atoms with van der Waals surface area (Å²) in [5.41, 5.74) is 0. The van der Waals surface area contributed by atoms with Crippen molar-refractivity contribution in [1.82, 2.24) is 20.4 Å². The molecule has 2 aliphatic rings. The molecule has 1 aromatic heterocycles. The third kappa shape index (κ3) is 4.96. The van der Waals surface area contributed by atoms with Crippen molar-refractivity contribution in [1.29, 1.82) is 0 Å². The van der Waals surface area contributed by atoms with Gasteiger partial charge >= 0.3 is 0 Å². The normalized spacial score (nSPS) is 21.4. The minimum absolute atomic E-state index is 0.157. The molecule has 0 saturated carbocycles. The number of likely N-dealkylation sites (tertiary alicyclic amines) is 1. The molecule has 2 fully saturated rings. The Morgan fingerprint density at radius 3 is 2.65 bits per heavy atom. The lowest BCUT2D eigenvalue weighted by Crippen LogP contribution is -2.40. The van der Waals surface area contributed by atoms with E-state index in [0.717, 1.165) is 75.1 Å². The van der Waals surface area contributed by atoms with Crippen LogP contribution in [0.15, 0.2) is 0 Å². The number of amides is 1. The largest absolute Gasteiger partial charge is 0.381 e. The first-order valence-corrected chi connectivity index (χ1v) is 9.39. The van der Waals surface area contributed by atoms with Gasteiger partial charge in [-0.2, -0.15) is 0 Å². The third-order valence-electron chi connectivity index (χ3n) is 4.79. The Balaban J connectivity index is 1.35. The van der Waals surface area contributed by atoms with Gasteiger partial charge in [0, 0.05) is 25.7 Å². The molecule has 7 heteroatoms. The zero-order chi connectivity index (χ0) is 16.1. The quantitative estimate of drug-likeness (QED) is 0.883. The molecule has 2 aliphatic heterocycles. The van der Waals surface area contributed by atoms with Gasteiger partial charge in [0.15, 0.2) is 0 Å². The van der Waals surface area contributed by atoms with Crippen LogP contribution in [0.3, 0.4) is 0 Å². The van der Waals surface area contributed by atoms with E-state index in [1.165, 1.54) is 0 Å². The fourth-order valence-corrected chi connectivity index (χ4v) is 4.04. The molecule has 128 valence electrons. The summed E-state index contributed by atoms with van der Waals surface area (Å²) in [6.45, 7) is 7.33. The van der Waals surface area contributed by atoms with Gasteiger partial charge in [0.05, 0.1) is 6.54 Å². The fraction of sp³-hybridized carbons (Fsp3) is 0.812. The zero-order valence-electron chi connectivity index (χ0n) is 13.8. The van der Waals surface area contributed by atoms with Crippen molar-refractivity contribution in [3.05, 3.63) is 10.0 Å². The molecule has 3 rings (SSSR count). The number of nitrogens with zero attached hydrogens (tertiary/aromatic N) is 3. The molecule has 0 spiro atoms. The summed E-state index contributed by atoms with van der Waals surface area (Å²) >= 11 is 1.68. The summed E-state index contributed by atoms with van der Waals surface area (Å²) in [4.78, 5) is 14.6. The number of carbonyl (C=O) groups is 1. The van der Waals surface area contributed by atoms with E-state index in [2.05, 4.69) is 20.4 Å². The number of nitrogens with one attached hydrogen (secondary N) is 1. The molecule has 23 heavy (non-hydrogen) atoms. The van der Waals surface area contributed by atoms with Crippen LogP contribution in [-0.4, -0.2) is 53.9 Å². The first kappa shape index (κ1) is 16.8. The molecule has 1 N–H and O–H groups in total. The second-order valence-corrected chi connectivity index (χ2v) is 7.83. The molecule has 0 radical (unpaired) electrons. The highest BCUT2D eigenvalue weighted by molar-refractivity contribution is 7.11. The second-order valence-electron chi connectivity index (χ2n) is 6.57. The molecule has 1 amide bonds. The van der Waals surface area contributed by atoms with Crippen molar-refractivity contribution in [3.8, 4) is 0 Å². The SMILES string of the molecule is Cc1nnc(CN2CCC(CNC(=O)C3CCOCC3)CC2)s1. The van der Waals surface area contributed by atoms with E-state index >= 15 is 0 Å². The summed E-state index contributed by atoms with van der Waals surface area (Å²) < 4.78 is 5.31. The topological polar surface area (TPSA) is 67.4 Å². The van der Waals surface area contributed by atoms with Crippen LogP contribution >= 0.6 is 11.3 Å². The van der Waals surface area contributed by atoms with E-state index in [0.29, 0.717) is 5.92 Å². The van der Waals surface area contributed by atoms with E-state index in [9.17, 15) is 4.79 Å². The van der Waals surface area contributed by atoms with Crippen LogP contribution < -0.4 is 5.32 Å². The van der Waals surface area contributed by atoms with Crippen LogP contribution in [0.2, 0.25) is 0 Å². The predicted octanol–water partition coefficient (Wildman–Crippen LogP) is 1.60. The van der Waals surface area contributed by atoms with Crippen molar-refractivity contribution in [2.75, 3.05) is 32.8 Å². The smallest absolute Gasteiger partial charge is 0.223 e. The predicted molar refractivity (Wildman–Crippen MR) is 89.2 cm³/mol. The standard InChI is InChI=1S/C16H26N4O2S/c1-12-18-19-15(23-12)11-20-6-2-13(3-7-20)10-17-16(21)14-4-8-22-9-5-14/h13-14H,2-11H2,1H3,(H,17,21). The number of aromatic nitrogens is 2. The highest BCUT2D eigenvalue weighted by Crippen LogP contribution is 2.20. The number of piperidine rings is 1. The summed E-state index contributed by atoms with van der Waals surface area (Å²) in [5.74, 6) is 0.982. The van der Waals surface area contributed by atoms with Gasteiger partial charge in [0.1, 0.15) is 10.0 Å². The Kier molecular flexibility index (Phi) is 5.96. The van der Waals surface area contributed by atoms with E-state index < -0.39 is 0 Å². The van der Waals surface area contributed by atoms with E-state index in [1.807, 2.05) is 6.92 Å². The lowest BCUT2D eigenvalue weighted by atomic mass is 9.95. The molecule has 0 aromatic carbocycles. The zero-order valence-corrected chi connectivity index (χ0v) is 14.6. The van der Waals surface area contributed by atoms with Crippen molar-refractivity contribution in [2.24, 2.45) is 11.8 Å². The summed E-state index contributed by atoms with van der Waals surface area (Å²) in [5, 5.41) is 13.6. The Labute approximate surface area is 141 Å². The van der Waals surface area contributed by atoms with Gasteiger partial charge < -0.3 is 10.1 Å². The molecule has 6 nitrogen and oxygen atoms in total. The number of ether oxygens (including phenoxy) is 1. The van der Waals surface area contributed by atoms with Crippen LogP contribution in [0.5, 0.6) is 0 Å². The molecule has 2 saturated heterocycles. The summed E-state index contributed by atoms with van der Waals surface area (Å²) in [6.07, 6.45) is 4.02. The maximum absolute atomic E-state index is 12.2. The lowest BCUT2D eigenvalue weighted by Gasteiger charge is -2.31. The average Bonchev–Trinajstić information content (AvgIpc) is 2.99. The van der Waals surface area contributed by atoms with Gasteiger partial charge in [-0.3, -0.25) is 9.69 Å². The Morgan fingerprint density at radius 2 is 2.00 bits per heavy atom. The molecule has 0 aliphatic carbocycles. The number of rotatable bonds is 5. The van der Waals surface area contributed by atoms with E-state index in [-0.39, 0.29) is 11.8 Å². The maximum atomic E-state index is 12.2. The van der Waals surface area contributed by atoms with Crippen molar-refractivity contribution in [3.63, 3.8) is 0 Å². The van der Waals surface area contributed by atoms with E-state index in [1.54, 1.807) is 11.3 Å². The second kappa shape index (κ2) is 8.17. The minimum atomic E-state index is 0.157. The highest BCUT2D eigenvalue weighted by atomic mass is 32.1. The molecular formula is C16H26N4O2S. The van der Waals surface area contributed by atoms with Crippen LogP contribution in [0.25, 0.3) is 0 Å². The third-order valence-corrected chi connectivity index (χ3v) is 5.61. The van der Waals surface area contributed by atoms with Crippen LogP contribution in [0, 0.1) is 18.8 Å². The first-order valence-electron chi connectivity index (χ1n) is 8.57. The monoisotopic (exact) mass is 338 g/mol. The first-order chi connectivity index (χ1) is 11.2. The van der Waals surface area contributed by atoms with Gasteiger partial charge in [-0.15, -0.1) is 21.5 Å². The molecule has 1 aromatic rings. The van der Waals surface area contributed by atoms with Gasteiger partial charge in [0.25, 0.3) is 0 Å². The number of hydrogen-bond acceptors (Lipinski definition) is 6. The van der Waals surface area contributed by atoms with Crippen LogP contribution in [0.1, 0.15) is 35.7 Å². The number of hydrogen-bond donors (Lipinski definition) is 1. The molecule has 0 bridgehead atoms. The van der Waals surface area contributed by atoms with Gasteiger partial charge in [-0.25, -0.2) is 0 Å². The van der Waals surface area contributed by atoms with Gasteiger partial charge in [-0.05, 0) is 51.6 Å². The minimum Gasteiger partial charge on any atom is -0.381 e. The molecule has 3 heterocycles. The van der Waals surface area contributed by atoms with Crippen LogP contribution in [-0.2, 0) is 16.1 Å². The Morgan fingerprint density at radius 1 is 1.26 bits per heavy atom. The number of carbonyl (C=O) groups excluding carboxylic acids is 1. The molecule has 0 atom stereocenters. The Hall–Kier alpha value is -1.05. The maximum Gasteiger partial charge on any atom is 0.223 e. The summed E-state index contributed by atoms with van der Waals surface area (Å²) in [7, 11) is 0. The lowest BCUT2D eigenvalue weighted by molar-refractivity contribution is -0.128.